The third-order valence-corrected chi connectivity index (χ3v) is 3.26. The highest BCUT2D eigenvalue weighted by molar-refractivity contribution is 6.31. The summed E-state index contributed by atoms with van der Waals surface area (Å²) in [7, 11) is 0. The molecule has 0 bridgehead atoms. The molecule has 1 aliphatic carbocycles. The van der Waals surface area contributed by atoms with Crippen LogP contribution in [0.25, 0.3) is 0 Å². The lowest BCUT2D eigenvalue weighted by molar-refractivity contribution is -0.149. The van der Waals surface area contributed by atoms with Crippen LogP contribution in [-0.4, -0.2) is 22.8 Å². The van der Waals surface area contributed by atoms with Gasteiger partial charge in [-0.1, -0.05) is 23.8 Å². The van der Waals surface area contributed by atoms with Gasteiger partial charge in [-0.2, -0.15) is 0 Å². The van der Waals surface area contributed by atoms with Crippen molar-refractivity contribution in [2.45, 2.75) is 25.9 Å². The van der Waals surface area contributed by atoms with Gasteiger partial charge in [0.1, 0.15) is 11.9 Å². The van der Waals surface area contributed by atoms with Crippen LogP contribution in [0, 0.1) is 5.41 Å². The Morgan fingerprint density at radius 3 is 2.67 bits per heavy atom. The van der Waals surface area contributed by atoms with Crippen LogP contribution in [0.15, 0.2) is 23.3 Å². The minimum atomic E-state index is -1.70. The number of carbonyl (C=O) groups excluding carboxylic acids is 2. The average Bonchev–Trinajstić information content (AvgIpc) is 2.19. The topological polar surface area (TPSA) is 54.4 Å². The van der Waals surface area contributed by atoms with Crippen LogP contribution in [0.4, 0.5) is 0 Å². The van der Waals surface area contributed by atoms with Gasteiger partial charge in [0.05, 0.1) is 5.41 Å². The summed E-state index contributed by atoms with van der Waals surface area (Å²) in [5, 5.41) is 10.6. The summed E-state index contributed by atoms with van der Waals surface area (Å²) in [6.45, 7) is 2.61. The maximum Gasteiger partial charge on any atom is 0.162 e. The van der Waals surface area contributed by atoms with Gasteiger partial charge < -0.3 is 9.90 Å². The van der Waals surface area contributed by atoms with Crippen LogP contribution >= 0.6 is 11.6 Å². The summed E-state index contributed by atoms with van der Waals surface area (Å²) >= 11 is 5.72. The number of rotatable bonds is 3. The molecule has 0 aromatic rings. The third-order valence-electron chi connectivity index (χ3n) is 2.98. The lowest BCUT2D eigenvalue weighted by atomic mass is 9.68. The minimum absolute atomic E-state index is 0.235. The Balaban J connectivity index is 3.14. The summed E-state index contributed by atoms with van der Waals surface area (Å²) < 4.78 is 0. The van der Waals surface area contributed by atoms with E-state index in [9.17, 15) is 14.7 Å². The van der Waals surface area contributed by atoms with Gasteiger partial charge in [0, 0.05) is 5.03 Å². The lowest BCUT2D eigenvalue weighted by Gasteiger charge is -2.38. The zero-order valence-electron chi connectivity index (χ0n) is 8.66. The zero-order valence-corrected chi connectivity index (χ0v) is 9.41. The Kier molecular flexibility index (Phi) is 3.16. The second-order valence-corrected chi connectivity index (χ2v) is 4.35. The molecular formula is C11H13ClO3. The van der Waals surface area contributed by atoms with Crippen LogP contribution in [0.1, 0.15) is 20.3 Å². The van der Waals surface area contributed by atoms with Crippen molar-refractivity contribution < 1.29 is 14.7 Å². The molecule has 1 rings (SSSR count). The highest BCUT2D eigenvalue weighted by Gasteiger charge is 2.48. The molecule has 0 saturated carbocycles. The number of Topliss-reactive ketones (excluding diaryl/α,β-unsaturated/α-hetero) is 1. The fraction of sp³-hybridized carbons (Fsp3) is 0.455. The van der Waals surface area contributed by atoms with Crippen LogP contribution in [-0.2, 0) is 9.59 Å². The van der Waals surface area contributed by atoms with Crippen molar-refractivity contribution in [2.24, 2.45) is 5.41 Å². The molecule has 0 aromatic heterocycles. The molecule has 0 amide bonds. The molecule has 0 spiro atoms. The Morgan fingerprint density at radius 2 is 2.33 bits per heavy atom. The third kappa shape index (κ3) is 1.90. The van der Waals surface area contributed by atoms with E-state index in [0.717, 1.165) is 0 Å². The molecule has 3 nitrogen and oxygen atoms in total. The van der Waals surface area contributed by atoms with E-state index in [1.165, 1.54) is 26.0 Å². The molecule has 0 saturated heterocycles. The molecule has 0 unspecified atom stereocenters. The summed E-state index contributed by atoms with van der Waals surface area (Å²) in [6, 6.07) is 0. The predicted molar refractivity (Wildman–Crippen MR) is 57.5 cm³/mol. The first-order chi connectivity index (χ1) is 6.85. The van der Waals surface area contributed by atoms with E-state index in [4.69, 9.17) is 11.6 Å². The zero-order chi connectivity index (χ0) is 11.7. The van der Waals surface area contributed by atoms with E-state index in [1.807, 2.05) is 0 Å². The van der Waals surface area contributed by atoms with Crippen LogP contribution in [0.2, 0.25) is 0 Å². The predicted octanol–water partition coefficient (Wildman–Crippen LogP) is 1.59. The maximum absolute atomic E-state index is 11.3. The Labute approximate surface area is 93.4 Å². The number of halogens is 1. The monoisotopic (exact) mass is 228 g/mol. The van der Waals surface area contributed by atoms with Crippen molar-refractivity contribution in [3.63, 3.8) is 0 Å². The van der Waals surface area contributed by atoms with E-state index in [-0.39, 0.29) is 6.42 Å². The summed E-state index contributed by atoms with van der Waals surface area (Å²) in [5.74, 6) is -0.439. The lowest BCUT2D eigenvalue weighted by Crippen LogP contribution is -2.51. The molecule has 0 aliphatic heterocycles. The molecule has 1 aliphatic rings. The molecule has 15 heavy (non-hydrogen) atoms. The Bertz CT molecular complexity index is 355. The molecule has 2 atom stereocenters. The highest BCUT2D eigenvalue weighted by Crippen LogP contribution is 2.39. The standard InChI is InChI=1S/C11H13ClO3/c1-8(14)10(2,15)11(7-13)5-3-9(12)4-6-11/h3-5,7,15H,6H2,1-2H3/t10-,11-/m1/s1. The van der Waals surface area contributed by atoms with Gasteiger partial charge in [0.15, 0.2) is 5.78 Å². The number of hydrogen-bond acceptors (Lipinski definition) is 3. The fourth-order valence-electron chi connectivity index (χ4n) is 1.52. The van der Waals surface area contributed by atoms with Gasteiger partial charge in [0.2, 0.25) is 0 Å². The second kappa shape index (κ2) is 3.91. The summed E-state index contributed by atoms with van der Waals surface area (Å²) in [5.41, 5.74) is -2.89. The molecule has 0 radical (unpaired) electrons. The van der Waals surface area contributed by atoms with Crippen molar-refractivity contribution in [2.75, 3.05) is 0 Å². The average molecular weight is 229 g/mol. The molecular weight excluding hydrogens is 216 g/mol. The SMILES string of the molecule is CC(=O)[C@@](C)(O)[C@]1(C=O)C=CC(Cl)=CC1. The van der Waals surface area contributed by atoms with Crippen molar-refractivity contribution >= 4 is 23.7 Å². The molecule has 1 N–H and O–H groups in total. The van der Waals surface area contributed by atoms with Gasteiger partial charge in [-0.15, -0.1) is 0 Å². The van der Waals surface area contributed by atoms with Gasteiger partial charge >= 0.3 is 0 Å². The van der Waals surface area contributed by atoms with E-state index < -0.39 is 16.8 Å². The molecule has 0 aromatic carbocycles. The van der Waals surface area contributed by atoms with Gasteiger partial charge in [-0.05, 0) is 26.3 Å². The van der Waals surface area contributed by atoms with Crippen molar-refractivity contribution in [3.8, 4) is 0 Å². The Morgan fingerprint density at radius 1 is 1.73 bits per heavy atom. The first kappa shape index (κ1) is 12.1. The molecule has 82 valence electrons. The van der Waals surface area contributed by atoms with Gasteiger partial charge in [0.25, 0.3) is 0 Å². The normalized spacial score (nSPS) is 29.2. The van der Waals surface area contributed by atoms with Gasteiger partial charge in [-0.3, -0.25) is 4.79 Å². The maximum atomic E-state index is 11.3. The second-order valence-electron chi connectivity index (χ2n) is 3.91. The van der Waals surface area contributed by atoms with E-state index in [2.05, 4.69) is 0 Å². The Hall–Kier alpha value is -0.930. The number of aliphatic hydroxyl groups is 1. The van der Waals surface area contributed by atoms with Crippen LogP contribution < -0.4 is 0 Å². The van der Waals surface area contributed by atoms with Crippen molar-refractivity contribution in [3.05, 3.63) is 23.3 Å². The largest absolute Gasteiger partial charge is 0.381 e. The number of hydrogen-bond donors (Lipinski definition) is 1. The van der Waals surface area contributed by atoms with Crippen molar-refractivity contribution in [1.29, 1.82) is 0 Å². The minimum Gasteiger partial charge on any atom is -0.381 e. The van der Waals surface area contributed by atoms with E-state index in [1.54, 1.807) is 6.08 Å². The van der Waals surface area contributed by atoms with Gasteiger partial charge in [-0.25, -0.2) is 0 Å². The van der Waals surface area contributed by atoms with E-state index >= 15 is 0 Å². The quantitative estimate of drug-likeness (QED) is 0.747. The highest BCUT2D eigenvalue weighted by atomic mass is 35.5. The molecule has 4 heteroatoms. The van der Waals surface area contributed by atoms with Crippen LogP contribution in [0.3, 0.4) is 0 Å². The van der Waals surface area contributed by atoms with Crippen LogP contribution in [0.5, 0.6) is 0 Å². The number of aldehydes is 1. The van der Waals surface area contributed by atoms with E-state index in [0.29, 0.717) is 11.3 Å². The number of ketones is 1. The molecule has 0 heterocycles. The first-order valence-electron chi connectivity index (χ1n) is 4.60. The fourth-order valence-corrected chi connectivity index (χ4v) is 1.66. The molecule has 0 fully saturated rings. The summed E-state index contributed by atoms with van der Waals surface area (Å²) in [6.07, 6.45) is 5.47. The number of carbonyl (C=O) groups is 2. The van der Waals surface area contributed by atoms with Crippen molar-refractivity contribution in [1.82, 2.24) is 0 Å². The smallest absolute Gasteiger partial charge is 0.162 e. The summed E-state index contributed by atoms with van der Waals surface area (Å²) in [4.78, 5) is 22.4. The first-order valence-corrected chi connectivity index (χ1v) is 4.98. The number of allylic oxidation sites excluding steroid dienone is 3.